The van der Waals surface area contributed by atoms with E-state index in [1.165, 1.54) is 276 Å². The zero-order valence-corrected chi connectivity index (χ0v) is 55.4. The first-order chi connectivity index (χ1) is 40.9. The number of unbranched alkanes of at least 4 members (excludes halogenated alkanes) is 43. The van der Waals surface area contributed by atoms with Crippen LogP contribution in [0.4, 0.5) is 0 Å². The molecule has 6 heteroatoms. The van der Waals surface area contributed by atoms with Crippen molar-refractivity contribution in [3.63, 3.8) is 0 Å². The first kappa shape index (κ1) is 73.1. The predicted octanol–water partition coefficient (Wildman–Crippen LogP) is 24.9. The van der Waals surface area contributed by atoms with Crippen LogP contribution in [0.1, 0.15) is 353 Å². The van der Waals surface area contributed by atoms with Gasteiger partial charge in [0.05, 0.1) is 25.9 Å². The van der Waals surface area contributed by atoms with E-state index in [0.717, 1.165) is 78.9 Å². The molecule has 3 aromatic carbocycles. The molecular weight excluding hydrogens is 1040 g/mol. The highest BCUT2D eigenvalue weighted by Crippen LogP contribution is 2.52. The molecule has 1 aliphatic rings. The van der Waals surface area contributed by atoms with Crippen LogP contribution in [-0.4, -0.2) is 43.4 Å². The molecule has 0 radical (unpaired) electrons. The van der Waals surface area contributed by atoms with E-state index in [2.05, 4.69) is 39.8 Å². The molecule has 474 valence electrons. The minimum absolute atomic E-state index is 0.0994. The molecule has 0 heterocycles. The molecule has 0 fully saturated rings. The third kappa shape index (κ3) is 31.9. The molecule has 2 atom stereocenters. The monoisotopic (exact) mass is 1170 g/mol. The SMILES string of the molecule is CCCCCCCCCCCCCCCCCCOC(CCCCCCCCCCCCCCCC)(COCCC(C)Oc1ccc2c(c1)C(O)(c1ccc(Cl)cc1)c1ccccc1-2)OCCCCCCCCCCCCCCCCCC. The van der Waals surface area contributed by atoms with Gasteiger partial charge in [-0.3, -0.25) is 0 Å². The van der Waals surface area contributed by atoms with Crippen LogP contribution >= 0.6 is 11.6 Å². The van der Waals surface area contributed by atoms with Gasteiger partial charge in [0.1, 0.15) is 18.0 Å². The fourth-order valence-electron chi connectivity index (χ4n) is 12.8. The van der Waals surface area contributed by atoms with Crippen LogP contribution in [0, 0.1) is 0 Å². The number of benzene rings is 3. The van der Waals surface area contributed by atoms with Crippen molar-refractivity contribution in [2.75, 3.05) is 26.4 Å². The molecule has 5 nitrogen and oxygen atoms in total. The third-order valence-corrected chi connectivity index (χ3v) is 18.5. The third-order valence-electron chi connectivity index (χ3n) is 18.2. The van der Waals surface area contributed by atoms with Gasteiger partial charge < -0.3 is 24.1 Å². The maximum Gasteiger partial charge on any atom is 0.191 e. The molecule has 83 heavy (non-hydrogen) atoms. The van der Waals surface area contributed by atoms with E-state index in [-0.39, 0.29) is 6.10 Å². The summed E-state index contributed by atoms with van der Waals surface area (Å²) >= 11 is 6.32. The molecule has 2 unspecified atom stereocenters. The van der Waals surface area contributed by atoms with Crippen LogP contribution in [0.25, 0.3) is 11.1 Å². The van der Waals surface area contributed by atoms with E-state index >= 15 is 0 Å². The summed E-state index contributed by atoms with van der Waals surface area (Å²) in [6, 6.07) is 21.9. The highest BCUT2D eigenvalue weighted by molar-refractivity contribution is 6.30. The second-order valence-corrected chi connectivity index (χ2v) is 26.2. The van der Waals surface area contributed by atoms with Gasteiger partial charge >= 0.3 is 0 Å². The standard InChI is InChI=1S/C77H129ClO5/c1-5-8-11-14-17-20-23-26-29-31-34-37-40-43-46-51-63-81-76(62-50-45-42-39-36-33-28-25-22-19-16-13-10-7-3,82-64-52-47-44-41-38-35-32-30-27-24-21-18-15-12-9-6-2)67-80-65-61-68(4)83-71-59-60-73-72-53-48-49-54-74(72)77(79,75(73)66-71)69-55-57-70(78)58-56-69/h48-49,53-60,66,68,79H,5-47,50-52,61-65,67H2,1-4H3. The van der Waals surface area contributed by atoms with Gasteiger partial charge in [-0.25, -0.2) is 0 Å². The minimum Gasteiger partial charge on any atom is -0.491 e. The average molecular weight is 1170 g/mol. The Bertz CT molecular complexity index is 1910. The van der Waals surface area contributed by atoms with E-state index in [1.54, 1.807) is 0 Å². The van der Waals surface area contributed by atoms with Gasteiger partial charge in [-0.05, 0) is 67.1 Å². The van der Waals surface area contributed by atoms with Gasteiger partial charge in [-0.2, -0.15) is 0 Å². The molecule has 3 aromatic rings. The molecule has 0 bridgehead atoms. The molecule has 0 spiro atoms. The summed E-state index contributed by atoms with van der Waals surface area (Å²) < 4.78 is 27.3. The first-order valence-corrected chi connectivity index (χ1v) is 36.5. The topological polar surface area (TPSA) is 57.2 Å². The molecule has 1 N–H and O–H groups in total. The van der Waals surface area contributed by atoms with E-state index in [0.29, 0.717) is 18.2 Å². The Morgan fingerprint density at radius 2 is 0.771 bits per heavy atom. The quantitative estimate of drug-likeness (QED) is 0.0451. The largest absolute Gasteiger partial charge is 0.491 e. The lowest BCUT2D eigenvalue weighted by Gasteiger charge is -2.34. The summed E-state index contributed by atoms with van der Waals surface area (Å²) in [5, 5.41) is 13.2. The number of hydrogen-bond donors (Lipinski definition) is 1. The summed E-state index contributed by atoms with van der Waals surface area (Å²) in [5.74, 6) is 0.0146. The smallest absolute Gasteiger partial charge is 0.191 e. The van der Waals surface area contributed by atoms with Crippen molar-refractivity contribution in [2.24, 2.45) is 0 Å². The molecule has 0 aromatic heterocycles. The van der Waals surface area contributed by atoms with Crippen molar-refractivity contribution in [3.05, 3.63) is 88.4 Å². The molecule has 4 rings (SSSR count). The molecule has 0 aliphatic heterocycles. The van der Waals surface area contributed by atoms with Crippen LogP contribution < -0.4 is 4.74 Å². The molecule has 0 saturated carbocycles. The van der Waals surface area contributed by atoms with Crippen molar-refractivity contribution in [3.8, 4) is 16.9 Å². The summed E-state index contributed by atoms with van der Waals surface area (Å²) in [6.45, 7) is 11.5. The Kier molecular flexibility index (Phi) is 42.8. The highest BCUT2D eigenvalue weighted by atomic mass is 35.5. The number of hydrogen-bond acceptors (Lipinski definition) is 5. The van der Waals surface area contributed by atoms with Crippen molar-refractivity contribution >= 4 is 11.6 Å². The number of rotatable bonds is 59. The van der Waals surface area contributed by atoms with Crippen LogP contribution in [-0.2, 0) is 19.8 Å². The minimum atomic E-state index is -1.31. The van der Waals surface area contributed by atoms with E-state index < -0.39 is 11.4 Å². The van der Waals surface area contributed by atoms with Gasteiger partial charge in [-0.1, -0.05) is 351 Å². The summed E-state index contributed by atoms with van der Waals surface area (Å²) in [6.07, 6.45) is 64.1. The average Bonchev–Trinajstić information content (AvgIpc) is 3.07. The lowest BCUT2D eigenvalue weighted by atomic mass is 9.84. The summed E-state index contributed by atoms with van der Waals surface area (Å²) in [5.41, 5.74) is 3.26. The van der Waals surface area contributed by atoms with Crippen molar-refractivity contribution < 1.29 is 24.1 Å². The normalized spacial score (nSPS) is 14.4. The fourth-order valence-corrected chi connectivity index (χ4v) is 13.0. The van der Waals surface area contributed by atoms with Crippen LogP contribution in [0.15, 0.2) is 66.7 Å². The number of halogens is 1. The van der Waals surface area contributed by atoms with Crippen LogP contribution in [0.2, 0.25) is 5.02 Å². The predicted molar refractivity (Wildman–Crippen MR) is 360 cm³/mol. The Morgan fingerprint density at radius 3 is 1.18 bits per heavy atom. The molecular formula is C77H129ClO5. The van der Waals surface area contributed by atoms with E-state index in [4.69, 9.17) is 30.5 Å². The van der Waals surface area contributed by atoms with Crippen molar-refractivity contribution in [2.45, 2.75) is 353 Å². The summed E-state index contributed by atoms with van der Waals surface area (Å²) in [4.78, 5) is 0. The van der Waals surface area contributed by atoms with Gasteiger partial charge in [0.25, 0.3) is 0 Å². The Hall–Kier alpha value is -2.41. The maximum atomic E-state index is 12.6. The Labute approximate surface area is 518 Å². The fraction of sp³-hybridized carbons (Fsp3) is 0.766. The van der Waals surface area contributed by atoms with Crippen molar-refractivity contribution in [1.29, 1.82) is 0 Å². The van der Waals surface area contributed by atoms with Crippen LogP contribution in [0.5, 0.6) is 5.75 Å². The second kappa shape index (κ2) is 48.6. The molecule has 0 saturated heterocycles. The zero-order valence-electron chi connectivity index (χ0n) is 54.7. The lowest BCUT2D eigenvalue weighted by Crippen LogP contribution is -2.42. The summed E-state index contributed by atoms with van der Waals surface area (Å²) in [7, 11) is 0. The Balaban J connectivity index is 1.29. The van der Waals surface area contributed by atoms with Crippen LogP contribution in [0.3, 0.4) is 0 Å². The second-order valence-electron chi connectivity index (χ2n) is 25.8. The van der Waals surface area contributed by atoms with Gasteiger partial charge in [0.2, 0.25) is 0 Å². The van der Waals surface area contributed by atoms with E-state index in [9.17, 15) is 5.11 Å². The van der Waals surface area contributed by atoms with Gasteiger partial charge in [-0.15, -0.1) is 0 Å². The highest BCUT2D eigenvalue weighted by Gasteiger charge is 2.43. The van der Waals surface area contributed by atoms with Gasteiger partial charge in [0.15, 0.2) is 5.79 Å². The van der Waals surface area contributed by atoms with Crippen molar-refractivity contribution in [1.82, 2.24) is 0 Å². The van der Waals surface area contributed by atoms with E-state index in [1.807, 2.05) is 54.6 Å². The number of aliphatic hydroxyl groups is 1. The van der Waals surface area contributed by atoms with Gasteiger partial charge in [0, 0.05) is 29.0 Å². The lowest BCUT2D eigenvalue weighted by molar-refractivity contribution is -0.266. The molecule has 0 amide bonds. The number of ether oxygens (including phenoxy) is 4. The molecule has 1 aliphatic carbocycles. The maximum absolute atomic E-state index is 12.6. The zero-order chi connectivity index (χ0) is 59.0. The first-order valence-electron chi connectivity index (χ1n) is 36.1. The number of fused-ring (bicyclic) bond motifs is 3. The Morgan fingerprint density at radius 1 is 0.410 bits per heavy atom.